The molecule has 4 saturated heterocycles. The van der Waals surface area contributed by atoms with Crippen molar-refractivity contribution < 1.29 is 31.1 Å². The van der Waals surface area contributed by atoms with Crippen LogP contribution in [0.15, 0.2) is 60.7 Å². The van der Waals surface area contributed by atoms with Crippen LogP contribution in [-0.2, 0) is 21.5 Å². The maximum Gasteiger partial charge on any atom is 0.144 e. The van der Waals surface area contributed by atoms with Gasteiger partial charge in [0.1, 0.15) is 18.1 Å². The Morgan fingerprint density at radius 2 is 1.19 bits per heavy atom. The van der Waals surface area contributed by atoms with E-state index in [0.29, 0.717) is 35.7 Å². The molecule has 0 amide bonds. The molecule has 0 aliphatic carbocycles. The summed E-state index contributed by atoms with van der Waals surface area (Å²) >= 11 is 3.36. The Morgan fingerprint density at radius 3 is 1.64 bits per heavy atom. The summed E-state index contributed by atoms with van der Waals surface area (Å²) in [7, 11) is 4.50. The van der Waals surface area contributed by atoms with Gasteiger partial charge in [-0.15, -0.1) is 0 Å². The normalized spacial score (nSPS) is 30.4. The maximum absolute atomic E-state index is 11.7. The van der Waals surface area contributed by atoms with Gasteiger partial charge in [-0.25, -0.2) is 0 Å². The third-order valence-electron chi connectivity index (χ3n) is 8.70. The molecule has 4 aliphatic rings. The van der Waals surface area contributed by atoms with E-state index < -0.39 is 0 Å². The molecule has 0 spiro atoms. The van der Waals surface area contributed by atoms with Crippen molar-refractivity contribution in [3.8, 4) is 0 Å². The van der Waals surface area contributed by atoms with Crippen molar-refractivity contribution >= 4 is 27.5 Å². The Hall–Kier alpha value is -1.34. The Balaban J connectivity index is 0.000000162. The van der Waals surface area contributed by atoms with E-state index in [0.717, 1.165) is 42.0 Å². The molecule has 0 saturated carbocycles. The van der Waals surface area contributed by atoms with E-state index in [9.17, 15) is 9.59 Å². The van der Waals surface area contributed by atoms with E-state index >= 15 is 0 Å². The smallest absolute Gasteiger partial charge is 0.144 e. The predicted molar refractivity (Wildman–Crippen MR) is 145 cm³/mol. The molecule has 6 heteroatoms. The lowest BCUT2D eigenvalue weighted by Crippen LogP contribution is -3.00. The number of nitrogens with zero attached hydrogens (tertiary/aromatic N) is 2. The summed E-state index contributed by atoms with van der Waals surface area (Å²) in [5, 5.41) is 0.952. The average Bonchev–Trinajstić information content (AvgIpc) is 3.16. The lowest BCUT2D eigenvalue weighted by molar-refractivity contribution is -0.957. The number of benzene rings is 2. The van der Waals surface area contributed by atoms with Gasteiger partial charge in [0.15, 0.2) is 0 Å². The minimum Gasteiger partial charge on any atom is -1.00 e. The second-order valence-corrected chi connectivity index (χ2v) is 11.5. The first-order valence-corrected chi connectivity index (χ1v) is 14.2. The molecule has 2 aromatic carbocycles. The van der Waals surface area contributed by atoms with Gasteiger partial charge in [-0.05, 0) is 25.5 Å². The number of quaternary nitrogens is 1. The average molecular weight is 620 g/mol. The van der Waals surface area contributed by atoms with Crippen LogP contribution >= 0.6 is 15.9 Å². The number of carbonyl (C=O) groups excluding carboxylic acids is 2. The van der Waals surface area contributed by atoms with E-state index in [-0.39, 0.29) is 17.0 Å². The zero-order chi connectivity index (χ0) is 24.8. The Bertz CT molecular complexity index is 953. The molecule has 4 atom stereocenters. The molecule has 4 unspecified atom stereocenters. The molecule has 36 heavy (non-hydrogen) atoms. The maximum atomic E-state index is 11.7. The first-order chi connectivity index (χ1) is 16.9. The third-order valence-corrected chi connectivity index (χ3v) is 9.35. The second-order valence-electron chi connectivity index (χ2n) is 10.9. The van der Waals surface area contributed by atoms with Crippen molar-refractivity contribution in [2.45, 2.75) is 87.4 Å². The molecule has 0 N–H and O–H groups in total. The van der Waals surface area contributed by atoms with Crippen molar-refractivity contribution in [2.75, 3.05) is 14.1 Å². The topological polar surface area (TPSA) is 37.4 Å². The Kier molecular flexibility index (Phi) is 10.9. The summed E-state index contributed by atoms with van der Waals surface area (Å²) in [4.78, 5) is 25.1. The van der Waals surface area contributed by atoms with Crippen LogP contribution < -0.4 is 17.0 Å². The summed E-state index contributed by atoms with van der Waals surface area (Å²) in [6, 6.07) is 23.3. The van der Waals surface area contributed by atoms with Gasteiger partial charge in [-0.3, -0.25) is 14.5 Å². The molecule has 4 heterocycles. The van der Waals surface area contributed by atoms with Crippen molar-refractivity contribution in [3.05, 3.63) is 71.8 Å². The van der Waals surface area contributed by atoms with E-state index in [1.54, 1.807) is 0 Å². The molecule has 4 fully saturated rings. The van der Waals surface area contributed by atoms with Gasteiger partial charge in [0, 0.05) is 48.7 Å². The second kappa shape index (κ2) is 13.5. The summed E-state index contributed by atoms with van der Waals surface area (Å²) < 4.78 is 1.09. The fraction of sp³-hybridized carbons (Fsp3) is 0.533. The molecule has 0 radical (unpaired) electrons. The number of rotatable bonds is 3. The highest BCUT2D eigenvalue weighted by atomic mass is 79.9. The van der Waals surface area contributed by atoms with Crippen molar-refractivity contribution in [3.63, 3.8) is 0 Å². The van der Waals surface area contributed by atoms with Gasteiger partial charge >= 0.3 is 0 Å². The van der Waals surface area contributed by atoms with Crippen LogP contribution in [-0.4, -0.2) is 59.2 Å². The molecule has 4 bridgehead atoms. The van der Waals surface area contributed by atoms with Gasteiger partial charge in [-0.2, -0.15) is 0 Å². The molecule has 0 aromatic heterocycles. The van der Waals surface area contributed by atoms with Crippen LogP contribution in [0.3, 0.4) is 0 Å². The van der Waals surface area contributed by atoms with Gasteiger partial charge in [-0.1, -0.05) is 76.6 Å². The van der Waals surface area contributed by atoms with Crippen LogP contribution in [0.1, 0.15) is 62.5 Å². The number of hydrogen-bond donors (Lipinski definition) is 0. The van der Waals surface area contributed by atoms with E-state index in [1.165, 1.54) is 36.8 Å². The zero-order valence-electron chi connectivity index (χ0n) is 21.6. The molecule has 2 aromatic rings. The lowest BCUT2D eigenvalue weighted by Gasteiger charge is -2.44. The highest BCUT2D eigenvalue weighted by Gasteiger charge is 2.51. The number of halogens is 2. The van der Waals surface area contributed by atoms with Gasteiger partial charge in [0.25, 0.3) is 0 Å². The number of hydrogen-bond acceptors (Lipinski definition) is 3. The standard InChI is InChI=1S/C15H20NO.C8H13NO.C7H7Br.BrH/c1-16(11-12-5-3-2-4-6-12)13-7-8-14(16)10-15(17)9-13;1-9-6-2-3-7(9)5-8(10)4-6;8-6-7-4-2-1-3-5-7;/h2-6,13-14H,7-11H2,1H3;6-7H,2-5H2,1H3;1-5H,6H2;1H/q+1;;;/p-1. The Morgan fingerprint density at radius 1 is 0.750 bits per heavy atom. The monoisotopic (exact) mass is 618 g/mol. The number of Topliss-reactive ketones (excluding diaryl/α,β-unsaturated/α-hetero) is 2. The van der Waals surface area contributed by atoms with Crippen molar-refractivity contribution in [1.82, 2.24) is 4.90 Å². The van der Waals surface area contributed by atoms with E-state index in [4.69, 9.17) is 0 Å². The highest BCUT2D eigenvalue weighted by Crippen LogP contribution is 2.41. The quantitative estimate of drug-likeness (QED) is 0.392. The van der Waals surface area contributed by atoms with Crippen molar-refractivity contribution in [1.29, 1.82) is 0 Å². The third kappa shape index (κ3) is 7.15. The Labute approximate surface area is 235 Å². The minimum atomic E-state index is 0. The molecular formula is C30H40Br2N2O2. The zero-order valence-corrected chi connectivity index (χ0v) is 24.8. The fourth-order valence-corrected chi connectivity index (χ4v) is 6.87. The van der Waals surface area contributed by atoms with E-state index in [1.807, 2.05) is 18.2 Å². The summed E-state index contributed by atoms with van der Waals surface area (Å²) in [6.07, 6.45) is 8.19. The minimum absolute atomic E-state index is 0. The SMILES string of the molecule is BrCc1ccccc1.CN1C2CCC1CC(=O)C2.C[N+]1(Cc2ccccc2)C2CCC1CC(=O)C2.[Br-]. The first kappa shape index (κ1) is 29.2. The van der Waals surface area contributed by atoms with Crippen LogP contribution in [0.2, 0.25) is 0 Å². The van der Waals surface area contributed by atoms with Crippen LogP contribution in [0.25, 0.3) is 0 Å². The van der Waals surface area contributed by atoms with Gasteiger partial charge in [0.2, 0.25) is 0 Å². The predicted octanol–water partition coefficient (Wildman–Crippen LogP) is 2.92. The van der Waals surface area contributed by atoms with Crippen molar-refractivity contribution in [2.24, 2.45) is 0 Å². The highest BCUT2D eigenvalue weighted by molar-refractivity contribution is 9.08. The largest absolute Gasteiger partial charge is 1.00 e. The summed E-state index contributed by atoms with van der Waals surface area (Å²) in [5.74, 6) is 0.965. The number of carbonyl (C=O) groups is 2. The number of ketones is 2. The molecule has 4 nitrogen and oxygen atoms in total. The van der Waals surface area contributed by atoms with Gasteiger partial charge in [0.05, 0.1) is 32.0 Å². The molecule has 196 valence electrons. The number of fused-ring (bicyclic) bond motifs is 4. The van der Waals surface area contributed by atoms with Crippen LogP contribution in [0, 0.1) is 0 Å². The van der Waals surface area contributed by atoms with Crippen LogP contribution in [0.4, 0.5) is 0 Å². The van der Waals surface area contributed by atoms with Gasteiger partial charge < -0.3 is 21.5 Å². The van der Waals surface area contributed by atoms with E-state index in [2.05, 4.69) is 77.4 Å². The lowest BCUT2D eigenvalue weighted by atomic mass is 9.97. The number of alkyl halides is 1. The van der Waals surface area contributed by atoms with Crippen LogP contribution in [0.5, 0.6) is 0 Å². The molecular weight excluding hydrogens is 580 g/mol. The fourth-order valence-electron chi connectivity index (χ4n) is 6.50. The molecule has 4 aliphatic heterocycles. The first-order valence-electron chi connectivity index (χ1n) is 13.1. The summed E-state index contributed by atoms with van der Waals surface area (Å²) in [6.45, 7) is 1.09. The summed E-state index contributed by atoms with van der Waals surface area (Å²) in [5.41, 5.74) is 2.73. The number of piperidine rings is 2. The molecule has 6 rings (SSSR count).